The van der Waals surface area contributed by atoms with E-state index >= 15 is 0 Å². The summed E-state index contributed by atoms with van der Waals surface area (Å²) < 4.78 is 0. The molecule has 0 aromatic carbocycles. The van der Waals surface area contributed by atoms with Crippen LogP contribution >= 0.6 is 11.6 Å². The summed E-state index contributed by atoms with van der Waals surface area (Å²) in [5.74, 6) is -0.177. The Kier molecular flexibility index (Phi) is 3.77. The quantitative estimate of drug-likeness (QED) is 0.871. The van der Waals surface area contributed by atoms with Gasteiger partial charge in [-0.25, -0.2) is 0 Å². The van der Waals surface area contributed by atoms with E-state index in [0.29, 0.717) is 17.1 Å². The number of amides is 1. The smallest absolute Gasteiger partial charge is 0.252 e. The molecule has 2 aromatic heterocycles. The fourth-order valence-electron chi connectivity index (χ4n) is 1.49. The Morgan fingerprint density at radius 1 is 1.47 bits per heavy atom. The van der Waals surface area contributed by atoms with Gasteiger partial charge in [0.25, 0.3) is 5.91 Å². The van der Waals surface area contributed by atoms with Crippen molar-refractivity contribution >= 4 is 17.5 Å². The van der Waals surface area contributed by atoms with E-state index in [9.17, 15) is 4.79 Å². The summed E-state index contributed by atoms with van der Waals surface area (Å²) in [6.45, 7) is 0.567. The minimum atomic E-state index is -0.177. The summed E-state index contributed by atoms with van der Waals surface area (Å²) in [5.41, 5.74) is 1.54. The highest BCUT2D eigenvalue weighted by Gasteiger charge is 2.08. The fourth-order valence-corrected chi connectivity index (χ4v) is 1.69. The number of halogens is 1. The first-order valence-electron chi connectivity index (χ1n) is 5.27. The van der Waals surface area contributed by atoms with E-state index in [0.717, 1.165) is 12.1 Å². The van der Waals surface area contributed by atoms with Crippen molar-refractivity contribution in [1.29, 1.82) is 0 Å². The molecule has 2 rings (SSSR count). The number of nitrogens with one attached hydrogen (secondary N) is 2. The maximum Gasteiger partial charge on any atom is 0.252 e. The highest BCUT2D eigenvalue weighted by molar-refractivity contribution is 6.33. The molecular formula is C12H12ClN3O. The van der Waals surface area contributed by atoms with Crippen LogP contribution in [-0.2, 0) is 6.42 Å². The molecule has 2 N–H and O–H groups in total. The Morgan fingerprint density at radius 3 is 3.06 bits per heavy atom. The first-order chi connectivity index (χ1) is 8.27. The molecule has 0 aliphatic carbocycles. The summed E-state index contributed by atoms with van der Waals surface area (Å²) in [4.78, 5) is 18.7. The molecule has 2 aromatic rings. The van der Waals surface area contributed by atoms with Gasteiger partial charge < -0.3 is 10.3 Å². The van der Waals surface area contributed by atoms with Crippen LogP contribution in [0.5, 0.6) is 0 Å². The van der Waals surface area contributed by atoms with Crippen molar-refractivity contribution in [2.75, 3.05) is 6.54 Å². The number of hydrogen-bond donors (Lipinski definition) is 2. The normalized spacial score (nSPS) is 10.2. The van der Waals surface area contributed by atoms with Crippen molar-refractivity contribution in [2.45, 2.75) is 6.42 Å². The molecule has 0 aliphatic heterocycles. The van der Waals surface area contributed by atoms with Crippen molar-refractivity contribution in [3.05, 3.63) is 53.1 Å². The fraction of sp³-hybridized carbons (Fsp3) is 0.167. The molecule has 0 spiro atoms. The van der Waals surface area contributed by atoms with Gasteiger partial charge in [-0.05, 0) is 18.2 Å². The van der Waals surface area contributed by atoms with Crippen LogP contribution in [0.1, 0.15) is 16.1 Å². The minimum absolute atomic E-state index is 0.177. The van der Waals surface area contributed by atoms with Crippen LogP contribution in [0, 0.1) is 0 Å². The maximum atomic E-state index is 11.8. The summed E-state index contributed by atoms with van der Waals surface area (Å²) in [5, 5.41) is 3.17. The van der Waals surface area contributed by atoms with Crippen molar-refractivity contribution < 1.29 is 4.79 Å². The first-order valence-corrected chi connectivity index (χ1v) is 5.65. The molecule has 1 amide bonds. The molecule has 0 aliphatic rings. The second kappa shape index (κ2) is 5.50. The first kappa shape index (κ1) is 11.7. The lowest BCUT2D eigenvalue weighted by molar-refractivity contribution is 0.0954. The van der Waals surface area contributed by atoms with Gasteiger partial charge in [0.05, 0.1) is 10.6 Å². The summed E-state index contributed by atoms with van der Waals surface area (Å²) in [6, 6.07) is 5.51. The molecule has 0 atom stereocenters. The molecule has 0 saturated carbocycles. The van der Waals surface area contributed by atoms with Gasteiger partial charge in [-0.2, -0.15) is 0 Å². The Morgan fingerprint density at radius 2 is 2.35 bits per heavy atom. The number of rotatable bonds is 4. The third-order valence-electron chi connectivity index (χ3n) is 2.36. The topological polar surface area (TPSA) is 57.8 Å². The van der Waals surface area contributed by atoms with Gasteiger partial charge in [0.1, 0.15) is 0 Å². The van der Waals surface area contributed by atoms with E-state index in [1.54, 1.807) is 12.3 Å². The summed E-state index contributed by atoms with van der Waals surface area (Å²) in [6.07, 6.45) is 5.63. The Bertz CT molecular complexity index is 496. The van der Waals surface area contributed by atoms with Crippen LogP contribution < -0.4 is 5.32 Å². The average Bonchev–Trinajstić information content (AvgIpc) is 2.82. The van der Waals surface area contributed by atoms with E-state index in [1.165, 1.54) is 6.20 Å². The van der Waals surface area contributed by atoms with E-state index < -0.39 is 0 Å². The standard InChI is InChI=1S/C12H12ClN3O/c13-11-8-14-6-4-10(11)12(17)16-7-3-9-2-1-5-15-9/h1-2,4-6,8,15H,3,7H2,(H,16,17). The number of carbonyl (C=O) groups is 1. The Hall–Kier alpha value is -1.81. The molecule has 0 bridgehead atoms. The Labute approximate surface area is 104 Å². The monoisotopic (exact) mass is 249 g/mol. The van der Waals surface area contributed by atoms with E-state index in [1.807, 2.05) is 18.3 Å². The molecule has 88 valence electrons. The number of hydrogen-bond acceptors (Lipinski definition) is 2. The van der Waals surface area contributed by atoms with Gasteiger partial charge in [-0.1, -0.05) is 11.6 Å². The van der Waals surface area contributed by atoms with Crippen LogP contribution in [0.4, 0.5) is 0 Å². The molecule has 0 unspecified atom stereocenters. The molecule has 0 radical (unpaired) electrons. The van der Waals surface area contributed by atoms with Crippen LogP contribution in [0.3, 0.4) is 0 Å². The maximum absolute atomic E-state index is 11.8. The van der Waals surface area contributed by atoms with Crippen molar-refractivity contribution in [3.8, 4) is 0 Å². The van der Waals surface area contributed by atoms with E-state index in [4.69, 9.17) is 11.6 Å². The third-order valence-corrected chi connectivity index (χ3v) is 2.66. The molecule has 0 saturated heterocycles. The predicted octanol–water partition coefficient (Wildman–Crippen LogP) is 2.04. The number of nitrogens with zero attached hydrogens (tertiary/aromatic N) is 1. The van der Waals surface area contributed by atoms with Gasteiger partial charge in [0.15, 0.2) is 0 Å². The van der Waals surface area contributed by atoms with Gasteiger partial charge >= 0.3 is 0 Å². The lowest BCUT2D eigenvalue weighted by Crippen LogP contribution is -2.26. The highest BCUT2D eigenvalue weighted by Crippen LogP contribution is 2.12. The van der Waals surface area contributed by atoms with Crippen molar-refractivity contribution in [3.63, 3.8) is 0 Å². The zero-order chi connectivity index (χ0) is 12.1. The largest absolute Gasteiger partial charge is 0.365 e. The summed E-state index contributed by atoms with van der Waals surface area (Å²) >= 11 is 5.87. The lowest BCUT2D eigenvalue weighted by atomic mass is 10.2. The molecule has 0 fully saturated rings. The molecule has 17 heavy (non-hydrogen) atoms. The average molecular weight is 250 g/mol. The number of aromatic nitrogens is 2. The van der Waals surface area contributed by atoms with Gasteiger partial charge in [-0.15, -0.1) is 0 Å². The number of H-pyrrole nitrogens is 1. The molecule has 5 heteroatoms. The van der Waals surface area contributed by atoms with Gasteiger partial charge in [0, 0.05) is 37.3 Å². The molecular weight excluding hydrogens is 238 g/mol. The number of aromatic amines is 1. The minimum Gasteiger partial charge on any atom is -0.365 e. The lowest BCUT2D eigenvalue weighted by Gasteiger charge is -2.05. The third kappa shape index (κ3) is 3.07. The zero-order valence-corrected chi connectivity index (χ0v) is 9.87. The summed E-state index contributed by atoms with van der Waals surface area (Å²) in [7, 11) is 0. The van der Waals surface area contributed by atoms with E-state index in [2.05, 4.69) is 15.3 Å². The number of carbonyl (C=O) groups excluding carboxylic acids is 1. The number of pyridine rings is 1. The second-order valence-electron chi connectivity index (χ2n) is 3.56. The zero-order valence-electron chi connectivity index (χ0n) is 9.11. The van der Waals surface area contributed by atoms with Crippen LogP contribution in [0.2, 0.25) is 5.02 Å². The SMILES string of the molecule is O=C(NCCc1ccc[nH]1)c1ccncc1Cl. The Balaban J connectivity index is 1.88. The van der Waals surface area contributed by atoms with Crippen molar-refractivity contribution in [2.24, 2.45) is 0 Å². The predicted molar refractivity (Wildman–Crippen MR) is 66.1 cm³/mol. The second-order valence-corrected chi connectivity index (χ2v) is 3.96. The van der Waals surface area contributed by atoms with Gasteiger partial charge in [0.2, 0.25) is 0 Å². The van der Waals surface area contributed by atoms with Crippen LogP contribution in [-0.4, -0.2) is 22.4 Å². The van der Waals surface area contributed by atoms with Crippen molar-refractivity contribution in [1.82, 2.24) is 15.3 Å². The van der Waals surface area contributed by atoms with Crippen LogP contribution in [0.15, 0.2) is 36.8 Å². The molecule has 4 nitrogen and oxygen atoms in total. The van der Waals surface area contributed by atoms with Gasteiger partial charge in [-0.3, -0.25) is 9.78 Å². The van der Waals surface area contributed by atoms with Crippen LogP contribution in [0.25, 0.3) is 0 Å². The molecule has 2 heterocycles. The highest BCUT2D eigenvalue weighted by atomic mass is 35.5. The van der Waals surface area contributed by atoms with E-state index in [-0.39, 0.29) is 5.91 Å².